The summed E-state index contributed by atoms with van der Waals surface area (Å²) in [6, 6.07) is 2.32. The smallest absolute Gasteiger partial charge is 0.310 e. The van der Waals surface area contributed by atoms with Crippen LogP contribution in [0, 0.1) is 40.9 Å². The Labute approximate surface area is 145 Å². The van der Waals surface area contributed by atoms with Crippen LogP contribution in [0.3, 0.4) is 0 Å². The lowest BCUT2D eigenvalue weighted by atomic mass is 9.74. The standard InChI is InChI=1S/C19H31NO4/c1-5-23-18(21)16(11-10-13(3)4)17(19(22)24-6-2)15-9-7-8-14(15)12-20/h13-17H,5-11H2,1-4H3. The predicted molar refractivity (Wildman–Crippen MR) is 90.8 cm³/mol. The first-order valence-electron chi connectivity index (χ1n) is 9.19. The van der Waals surface area contributed by atoms with E-state index in [1.807, 2.05) is 0 Å². The molecule has 0 bridgehead atoms. The summed E-state index contributed by atoms with van der Waals surface area (Å²) in [7, 11) is 0. The molecule has 0 amide bonds. The van der Waals surface area contributed by atoms with Crippen LogP contribution in [0.2, 0.25) is 0 Å². The van der Waals surface area contributed by atoms with Crippen molar-refractivity contribution in [2.45, 2.75) is 59.8 Å². The molecule has 0 aromatic carbocycles. The number of esters is 2. The quantitative estimate of drug-likeness (QED) is 0.599. The number of rotatable bonds is 9. The number of nitriles is 1. The minimum Gasteiger partial charge on any atom is -0.466 e. The van der Waals surface area contributed by atoms with Gasteiger partial charge in [-0.05, 0) is 44.9 Å². The predicted octanol–water partition coefficient (Wildman–Crippen LogP) is 3.72. The van der Waals surface area contributed by atoms with Gasteiger partial charge in [0.15, 0.2) is 0 Å². The van der Waals surface area contributed by atoms with E-state index in [0.29, 0.717) is 18.9 Å². The Bertz CT molecular complexity index is 455. The highest BCUT2D eigenvalue weighted by molar-refractivity contribution is 5.82. The van der Waals surface area contributed by atoms with Gasteiger partial charge in [-0.15, -0.1) is 0 Å². The molecule has 0 aromatic heterocycles. The van der Waals surface area contributed by atoms with Crippen molar-refractivity contribution in [1.29, 1.82) is 5.26 Å². The van der Waals surface area contributed by atoms with Gasteiger partial charge in [0.25, 0.3) is 0 Å². The first kappa shape index (κ1) is 20.5. The molecule has 1 rings (SSSR count). The van der Waals surface area contributed by atoms with Gasteiger partial charge in [0, 0.05) is 5.92 Å². The lowest BCUT2D eigenvalue weighted by Gasteiger charge is -2.30. The molecular formula is C19H31NO4. The van der Waals surface area contributed by atoms with Gasteiger partial charge >= 0.3 is 11.9 Å². The minimum atomic E-state index is -0.574. The second-order valence-electron chi connectivity index (χ2n) is 6.94. The van der Waals surface area contributed by atoms with E-state index in [9.17, 15) is 14.9 Å². The normalized spacial score (nSPS) is 22.7. The van der Waals surface area contributed by atoms with Crippen molar-refractivity contribution in [3.63, 3.8) is 0 Å². The molecule has 0 radical (unpaired) electrons. The molecule has 1 saturated carbocycles. The maximum Gasteiger partial charge on any atom is 0.310 e. The number of ether oxygens (including phenoxy) is 2. The number of carbonyl (C=O) groups is 2. The Hall–Kier alpha value is -1.57. The highest BCUT2D eigenvalue weighted by atomic mass is 16.5. The third-order valence-corrected chi connectivity index (χ3v) is 4.83. The van der Waals surface area contributed by atoms with Crippen LogP contribution in [0.15, 0.2) is 0 Å². The Kier molecular flexibility index (Phi) is 8.81. The van der Waals surface area contributed by atoms with Crippen molar-refractivity contribution in [2.24, 2.45) is 29.6 Å². The molecule has 0 spiro atoms. The molecule has 5 nitrogen and oxygen atoms in total. The summed E-state index contributed by atoms with van der Waals surface area (Å²) in [6.07, 6.45) is 3.92. The Morgan fingerprint density at radius 2 is 1.71 bits per heavy atom. The fraction of sp³-hybridized carbons (Fsp3) is 0.842. The van der Waals surface area contributed by atoms with Gasteiger partial charge in [-0.1, -0.05) is 26.7 Å². The van der Waals surface area contributed by atoms with Gasteiger partial charge in [-0.3, -0.25) is 9.59 Å². The van der Waals surface area contributed by atoms with Gasteiger partial charge in [-0.2, -0.15) is 5.26 Å². The molecule has 0 N–H and O–H groups in total. The monoisotopic (exact) mass is 337 g/mol. The van der Waals surface area contributed by atoms with Crippen molar-refractivity contribution in [1.82, 2.24) is 0 Å². The molecule has 0 saturated heterocycles. The summed E-state index contributed by atoms with van der Waals surface area (Å²) in [4.78, 5) is 25.2. The van der Waals surface area contributed by atoms with Gasteiger partial charge in [0.2, 0.25) is 0 Å². The van der Waals surface area contributed by atoms with Crippen LogP contribution < -0.4 is 0 Å². The van der Waals surface area contributed by atoms with Crippen molar-refractivity contribution >= 4 is 11.9 Å². The minimum absolute atomic E-state index is 0.115. The van der Waals surface area contributed by atoms with E-state index in [4.69, 9.17) is 9.47 Å². The SMILES string of the molecule is CCOC(=O)C(CCC(C)C)C(C(=O)OCC)C1CCCC1C#N. The second-order valence-corrected chi connectivity index (χ2v) is 6.94. The van der Waals surface area contributed by atoms with Crippen molar-refractivity contribution in [3.05, 3.63) is 0 Å². The molecule has 0 aliphatic heterocycles. The van der Waals surface area contributed by atoms with Crippen LogP contribution in [0.25, 0.3) is 0 Å². The van der Waals surface area contributed by atoms with Crippen LogP contribution in [0.1, 0.15) is 59.8 Å². The van der Waals surface area contributed by atoms with Crippen molar-refractivity contribution in [3.8, 4) is 6.07 Å². The zero-order chi connectivity index (χ0) is 18.1. The summed E-state index contributed by atoms with van der Waals surface area (Å²) >= 11 is 0. The summed E-state index contributed by atoms with van der Waals surface area (Å²) in [5.41, 5.74) is 0. The zero-order valence-corrected chi connectivity index (χ0v) is 15.4. The molecule has 1 fully saturated rings. The fourth-order valence-electron chi connectivity index (χ4n) is 3.66. The van der Waals surface area contributed by atoms with Crippen LogP contribution in [0.5, 0.6) is 0 Å². The Morgan fingerprint density at radius 3 is 2.25 bits per heavy atom. The van der Waals surface area contributed by atoms with Gasteiger partial charge in [0.1, 0.15) is 0 Å². The number of nitrogens with zero attached hydrogens (tertiary/aromatic N) is 1. The first-order valence-corrected chi connectivity index (χ1v) is 9.19. The van der Waals surface area contributed by atoms with Gasteiger partial charge < -0.3 is 9.47 Å². The van der Waals surface area contributed by atoms with Crippen LogP contribution in [0.4, 0.5) is 0 Å². The Morgan fingerprint density at radius 1 is 1.08 bits per heavy atom. The molecule has 1 aliphatic rings. The average molecular weight is 337 g/mol. The Balaban J connectivity index is 3.10. The largest absolute Gasteiger partial charge is 0.466 e. The van der Waals surface area contributed by atoms with Crippen molar-refractivity contribution in [2.75, 3.05) is 13.2 Å². The fourth-order valence-corrected chi connectivity index (χ4v) is 3.66. The molecule has 24 heavy (non-hydrogen) atoms. The number of hydrogen-bond acceptors (Lipinski definition) is 5. The van der Waals surface area contributed by atoms with E-state index < -0.39 is 11.8 Å². The molecular weight excluding hydrogens is 306 g/mol. The second kappa shape index (κ2) is 10.3. The van der Waals surface area contributed by atoms with E-state index in [-0.39, 0.29) is 30.4 Å². The average Bonchev–Trinajstić information content (AvgIpc) is 2.99. The summed E-state index contributed by atoms with van der Waals surface area (Å²) in [5.74, 6) is -1.65. The number of carbonyl (C=O) groups excluding carboxylic acids is 2. The maximum absolute atomic E-state index is 12.6. The molecule has 4 atom stereocenters. The molecule has 4 unspecified atom stereocenters. The summed E-state index contributed by atoms with van der Waals surface area (Å²) in [5, 5.41) is 9.42. The molecule has 136 valence electrons. The molecule has 1 aliphatic carbocycles. The van der Waals surface area contributed by atoms with E-state index >= 15 is 0 Å². The lowest BCUT2D eigenvalue weighted by Crippen LogP contribution is -2.39. The first-order chi connectivity index (χ1) is 11.5. The van der Waals surface area contributed by atoms with E-state index in [1.165, 1.54) is 0 Å². The van der Waals surface area contributed by atoms with E-state index in [2.05, 4.69) is 19.9 Å². The van der Waals surface area contributed by atoms with E-state index in [1.54, 1.807) is 13.8 Å². The van der Waals surface area contributed by atoms with E-state index in [0.717, 1.165) is 25.7 Å². The van der Waals surface area contributed by atoms with Crippen molar-refractivity contribution < 1.29 is 19.1 Å². The van der Waals surface area contributed by atoms with Crippen LogP contribution in [-0.2, 0) is 19.1 Å². The molecule has 5 heteroatoms. The van der Waals surface area contributed by atoms with Gasteiger partial charge in [0.05, 0.1) is 31.1 Å². The highest BCUT2D eigenvalue weighted by Gasteiger charge is 2.45. The molecule has 0 heterocycles. The third-order valence-electron chi connectivity index (χ3n) is 4.83. The topological polar surface area (TPSA) is 76.4 Å². The summed E-state index contributed by atoms with van der Waals surface area (Å²) in [6.45, 7) is 8.28. The third kappa shape index (κ3) is 5.51. The maximum atomic E-state index is 12.6. The highest BCUT2D eigenvalue weighted by Crippen LogP contribution is 2.42. The molecule has 0 aromatic rings. The number of hydrogen-bond donors (Lipinski definition) is 0. The lowest BCUT2D eigenvalue weighted by molar-refractivity contribution is -0.163. The van der Waals surface area contributed by atoms with Gasteiger partial charge in [-0.25, -0.2) is 0 Å². The summed E-state index contributed by atoms with van der Waals surface area (Å²) < 4.78 is 10.5. The van der Waals surface area contributed by atoms with Crippen LogP contribution >= 0.6 is 0 Å². The zero-order valence-electron chi connectivity index (χ0n) is 15.4. The van der Waals surface area contributed by atoms with Crippen LogP contribution in [-0.4, -0.2) is 25.2 Å².